The van der Waals surface area contributed by atoms with Crippen LogP contribution < -0.4 is 11.3 Å². The molecule has 2 heterocycles. The fraction of sp³-hybridized carbons (Fsp3) is 0.429. The SMILES string of the molecule is Cc1nc(C)c(C(NN)C2CCc3cccnc32)s1. The van der Waals surface area contributed by atoms with Crippen LogP contribution in [0.15, 0.2) is 18.3 Å². The number of thiazole rings is 1. The first-order valence-electron chi connectivity index (χ1n) is 6.54. The van der Waals surface area contributed by atoms with Gasteiger partial charge in [0, 0.05) is 22.7 Å². The predicted molar refractivity (Wildman–Crippen MR) is 77.0 cm³/mol. The Hall–Kier alpha value is -1.30. The molecule has 2 aromatic heterocycles. The molecule has 0 aromatic carbocycles. The van der Waals surface area contributed by atoms with Gasteiger partial charge in [-0.25, -0.2) is 4.98 Å². The Kier molecular flexibility index (Phi) is 3.35. The number of fused-ring (bicyclic) bond motifs is 1. The zero-order chi connectivity index (χ0) is 13.4. The van der Waals surface area contributed by atoms with Gasteiger partial charge in [0.05, 0.1) is 16.7 Å². The lowest BCUT2D eigenvalue weighted by Crippen LogP contribution is -2.32. The summed E-state index contributed by atoms with van der Waals surface area (Å²) in [6.07, 6.45) is 4.05. The van der Waals surface area contributed by atoms with Gasteiger partial charge in [-0.3, -0.25) is 16.3 Å². The first-order chi connectivity index (χ1) is 9.20. The normalized spacial score (nSPS) is 19.4. The number of aryl methyl sites for hydroxylation is 3. The van der Waals surface area contributed by atoms with Gasteiger partial charge in [0.25, 0.3) is 0 Å². The van der Waals surface area contributed by atoms with Crippen LogP contribution in [-0.2, 0) is 6.42 Å². The van der Waals surface area contributed by atoms with E-state index < -0.39 is 0 Å². The van der Waals surface area contributed by atoms with E-state index in [1.807, 2.05) is 19.2 Å². The first-order valence-corrected chi connectivity index (χ1v) is 7.36. The summed E-state index contributed by atoms with van der Waals surface area (Å²) < 4.78 is 0. The summed E-state index contributed by atoms with van der Waals surface area (Å²) in [5.74, 6) is 6.17. The quantitative estimate of drug-likeness (QED) is 0.666. The third-order valence-electron chi connectivity index (χ3n) is 3.81. The molecule has 0 bridgehead atoms. The molecule has 0 fully saturated rings. The minimum absolute atomic E-state index is 0.113. The van der Waals surface area contributed by atoms with E-state index in [0.717, 1.165) is 23.5 Å². The molecular formula is C14H18N4S. The predicted octanol–water partition coefficient (Wildman–Crippen LogP) is 2.39. The second kappa shape index (κ2) is 5.00. The van der Waals surface area contributed by atoms with Crippen molar-refractivity contribution in [2.75, 3.05) is 0 Å². The van der Waals surface area contributed by atoms with Crippen LogP contribution in [0.5, 0.6) is 0 Å². The maximum Gasteiger partial charge on any atom is 0.0900 e. The number of nitrogens with one attached hydrogen (secondary N) is 1. The van der Waals surface area contributed by atoms with Crippen LogP contribution in [0.2, 0.25) is 0 Å². The highest BCUT2D eigenvalue weighted by Gasteiger charge is 2.33. The van der Waals surface area contributed by atoms with E-state index in [1.165, 1.54) is 16.1 Å². The Labute approximate surface area is 117 Å². The summed E-state index contributed by atoms with van der Waals surface area (Å²) in [7, 11) is 0. The van der Waals surface area contributed by atoms with Gasteiger partial charge < -0.3 is 0 Å². The first kappa shape index (κ1) is 12.7. The van der Waals surface area contributed by atoms with Crippen molar-refractivity contribution in [1.29, 1.82) is 0 Å². The van der Waals surface area contributed by atoms with Crippen molar-refractivity contribution in [2.24, 2.45) is 5.84 Å². The van der Waals surface area contributed by atoms with Crippen LogP contribution >= 0.6 is 11.3 Å². The lowest BCUT2D eigenvalue weighted by atomic mass is 9.95. The number of nitrogens with zero attached hydrogens (tertiary/aromatic N) is 2. The maximum atomic E-state index is 5.82. The molecule has 0 aliphatic heterocycles. The van der Waals surface area contributed by atoms with Gasteiger partial charge in [0.15, 0.2) is 0 Å². The van der Waals surface area contributed by atoms with Gasteiger partial charge in [0.1, 0.15) is 0 Å². The Balaban J connectivity index is 1.99. The third-order valence-corrected chi connectivity index (χ3v) is 4.96. The smallest absolute Gasteiger partial charge is 0.0900 e. The van der Waals surface area contributed by atoms with Crippen LogP contribution in [0.3, 0.4) is 0 Å². The summed E-state index contributed by atoms with van der Waals surface area (Å²) in [5, 5.41) is 1.09. The summed E-state index contributed by atoms with van der Waals surface area (Å²) in [5.41, 5.74) is 6.61. The standard InChI is InChI=1S/C14H18N4S/c1-8-14(19-9(2)17-8)13(18-15)11-6-5-10-4-3-7-16-12(10)11/h3-4,7,11,13,18H,5-6,15H2,1-2H3. The summed E-state index contributed by atoms with van der Waals surface area (Å²) in [6.45, 7) is 4.09. The molecule has 1 aliphatic carbocycles. The van der Waals surface area contributed by atoms with E-state index in [9.17, 15) is 0 Å². The van der Waals surface area contributed by atoms with Crippen molar-refractivity contribution in [3.8, 4) is 0 Å². The van der Waals surface area contributed by atoms with E-state index >= 15 is 0 Å². The molecule has 0 amide bonds. The maximum absolute atomic E-state index is 5.82. The van der Waals surface area contributed by atoms with Gasteiger partial charge in [0.2, 0.25) is 0 Å². The zero-order valence-corrected chi connectivity index (χ0v) is 12.0. The molecule has 3 N–H and O–H groups in total. The van der Waals surface area contributed by atoms with Gasteiger partial charge in [-0.15, -0.1) is 11.3 Å². The summed E-state index contributed by atoms with van der Waals surface area (Å²) in [4.78, 5) is 10.3. The van der Waals surface area contributed by atoms with Gasteiger partial charge >= 0.3 is 0 Å². The van der Waals surface area contributed by atoms with Crippen LogP contribution in [0.4, 0.5) is 0 Å². The molecule has 4 nitrogen and oxygen atoms in total. The average Bonchev–Trinajstić information content (AvgIpc) is 2.96. The molecule has 100 valence electrons. The molecule has 0 saturated carbocycles. The summed E-state index contributed by atoms with van der Waals surface area (Å²) >= 11 is 1.73. The molecule has 19 heavy (non-hydrogen) atoms. The van der Waals surface area contributed by atoms with E-state index in [1.54, 1.807) is 11.3 Å². The highest BCUT2D eigenvalue weighted by molar-refractivity contribution is 7.11. The second-order valence-corrected chi connectivity index (χ2v) is 6.25. The molecule has 0 saturated heterocycles. The number of hydrazine groups is 1. The number of pyridine rings is 1. The van der Waals surface area contributed by atoms with Crippen molar-refractivity contribution < 1.29 is 0 Å². The van der Waals surface area contributed by atoms with E-state index in [2.05, 4.69) is 28.4 Å². The lowest BCUT2D eigenvalue weighted by Gasteiger charge is -2.22. The zero-order valence-electron chi connectivity index (χ0n) is 11.2. The molecule has 2 atom stereocenters. The van der Waals surface area contributed by atoms with Gasteiger partial charge in [-0.1, -0.05) is 6.07 Å². The number of hydrogen-bond donors (Lipinski definition) is 2. The highest BCUT2D eigenvalue weighted by Crippen LogP contribution is 2.42. The number of aromatic nitrogens is 2. The van der Waals surface area contributed by atoms with E-state index in [0.29, 0.717) is 5.92 Å². The largest absolute Gasteiger partial charge is 0.271 e. The highest BCUT2D eigenvalue weighted by atomic mass is 32.1. The molecule has 2 unspecified atom stereocenters. The lowest BCUT2D eigenvalue weighted by molar-refractivity contribution is 0.451. The van der Waals surface area contributed by atoms with Crippen LogP contribution in [0, 0.1) is 13.8 Å². The Bertz CT molecular complexity index is 593. The van der Waals surface area contributed by atoms with Gasteiger partial charge in [-0.05, 0) is 38.3 Å². The topological polar surface area (TPSA) is 63.8 Å². The Morgan fingerprint density at radius 1 is 1.47 bits per heavy atom. The van der Waals surface area contributed by atoms with E-state index in [-0.39, 0.29) is 6.04 Å². The van der Waals surface area contributed by atoms with E-state index in [4.69, 9.17) is 5.84 Å². The molecule has 3 rings (SSSR count). The molecule has 2 aromatic rings. The fourth-order valence-corrected chi connectivity index (χ4v) is 4.03. The molecule has 5 heteroatoms. The average molecular weight is 274 g/mol. The van der Waals surface area contributed by atoms with Gasteiger partial charge in [-0.2, -0.15) is 0 Å². The van der Waals surface area contributed by atoms with Crippen LogP contribution in [0.1, 0.15) is 45.2 Å². The monoisotopic (exact) mass is 274 g/mol. The van der Waals surface area contributed by atoms with Crippen molar-refractivity contribution in [3.63, 3.8) is 0 Å². The minimum atomic E-state index is 0.113. The Morgan fingerprint density at radius 2 is 2.32 bits per heavy atom. The fourth-order valence-electron chi connectivity index (χ4n) is 2.98. The Morgan fingerprint density at radius 3 is 3.00 bits per heavy atom. The van der Waals surface area contributed by atoms with Crippen LogP contribution in [-0.4, -0.2) is 9.97 Å². The molecule has 1 aliphatic rings. The summed E-state index contributed by atoms with van der Waals surface area (Å²) in [6, 6.07) is 4.29. The number of nitrogens with two attached hydrogens (primary N) is 1. The number of rotatable bonds is 3. The molecule has 0 radical (unpaired) electrons. The second-order valence-electron chi connectivity index (χ2n) is 5.02. The van der Waals surface area contributed by atoms with Crippen LogP contribution in [0.25, 0.3) is 0 Å². The number of hydrogen-bond acceptors (Lipinski definition) is 5. The third kappa shape index (κ3) is 2.18. The molecular weight excluding hydrogens is 256 g/mol. The van der Waals surface area contributed by atoms with Crippen molar-refractivity contribution >= 4 is 11.3 Å². The van der Waals surface area contributed by atoms with Crippen molar-refractivity contribution in [3.05, 3.63) is 45.2 Å². The van der Waals surface area contributed by atoms with Crippen molar-refractivity contribution in [2.45, 2.75) is 38.6 Å². The van der Waals surface area contributed by atoms with Crippen molar-refractivity contribution in [1.82, 2.24) is 15.4 Å². The minimum Gasteiger partial charge on any atom is -0.271 e. The molecule has 0 spiro atoms.